The largest absolute Gasteiger partial charge is 0.293 e. The number of nitrogens with zero attached hydrogens (tertiary/aromatic N) is 1. The van der Waals surface area contributed by atoms with Gasteiger partial charge in [0, 0.05) is 14.5 Å². The van der Waals surface area contributed by atoms with Crippen LogP contribution in [0.3, 0.4) is 0 Å². The predicted octanol–water partition coefficient (Wildman–Crippen LogP) is 5.59. The van der Waals surface area contributed by atoms with E-state index in [1.807, 2.05) is 24.3 Å². The highest BCUT2D eigenvalue weighted by atomic mass is 79.9. The van der Waals surface area contributed by atoms with Crippen LogP contribution in [0.15, 0.2) is 56.3 Å². The van der Waals surface area contributed by atoms with Gasteiger partial charge in [-0.1, -0.05) is 44.0 Å². The number of thioether (sulfide) groups is 1. The van der Waals surface area contributed by atoms with E-state index in [2.05, 4.69) is 31.9 Å². The molecule has 1 saturated heterocycles. The molecule has 1 heterocycles. The fourth-order valence-electron chi connectivity index (χ4n) is 2.18. The van der Waals surface area contributed by atoms with E-state index in [1.165, 1.54) is 12.1 Å². The van der Waals surface area contributed by atoms with E-state index in [0.717, 1.165) is 26.7 Å². The minimum absolute atomic E-state index is 0.191. The zero-order valence-electron chi connectivity index (χ0n) is 12.1. The molecule has 0 aliphatic carbocycles. The molecule has 3 rings (SSSR count). The van der Waals surface area contributed by atoms with Gasteiger partial charge in [0.25, 0.3) is 11.1 Å². The highest BCUT2D eigenvalue weighted by Gasteiger charge is 2.35. The molecule has 0 unspecified atom stereocenters. The molecule has 1 aliphatic rings. The molecule has 3 nitrogen and oxygen atoms in total. The molecule has 2 amide bonds. The number of hydrogen-bond donors (Lipinski definition) is 0. The minimum Gasteiger partial charge on any atom is -0.268 e. The summed E-state index contributed by atoms with van der Waals surface area (Å²) in [6, 6.07) is 11.8. The number of benzene rings is 2. The van der Waals surface area contributed by atoms with Gasteiger partial charge >= 0.3 is 0 Å². The quantitative estimate of drug-likeness (QED) is 0.549. The van der Waals surface area contributed by atoms with Gasteiger partial charge in [0.2, 0.25) is 0 Å². The second-order valence-electron chi connectivity index (χ2n) is 5.06. The molecular weight excluding hydrogens is 461 g/mol. The maximum atomic E-state index is 13.8. The second-order valence-corrected chi connectivity index (χ2v) is 7.88. The van der Waals surface area contributed by atoms with Gasteiger partial charge in [-0.2, -0.15) is 0 Å². The van der Waals surface area contributed by atoms with Crippen molar-refractivity contribution in [3.63, 3.8) is 0 Å². The maximum absolute atomic E-state index is 13.8. The summed E-state index contributed by atoms with van der Waals surface area (Å²) in [6.45, 7) is 0.191. The Morgan fingerprint density at radius 1 is 1.04 bits per heavy atom. The van der Waals surface area contributed by atoms with Crippen LogP contribution in [0.2, 0.25) is 0 Å². The molecule has 2 aromatic rings. The molecule has 0 atom stereocenters. The molecule has 1 aliphatic heterocycles. The van der Waals surface area contributed by atoms with Gasteiger partial charge in [0.15, 0.2) is 0 Å². The van der Waals surface area contributed by atoms with E-state index < -0.39 is 11.7 Å². The number of carbonyl (C=O) groups excluding carboxylic acids is 2. The number of amides is 2. The summed E-state index contributed by atoms with van der Waals surface area (Å²) in [5.41, 5.74) is 1.11. The highest BCUT2D eigenvalue weighted by molar-refractivity contribution is 9.10. The van der Waals surface area contributed by atoms with Crippen LogP contribution in [0.1, 0.15) is 11.1 Å². The molecule has 0 aromatic heterocycles. The van der Waals surface area contributed by atoms with Gasteiger partial charge in [0.05, 0.1) is 11.4 Å². The van der Waals surface area contributed by atoms with E-state index in [4.69, 9.17) is 0 Å². The van der Waals surface area contributed by atoms with Crippen molar-refractivity contribution >= 4 is 60.8 Å². The molecule has 0 radical (unpaired) electrons. The number of rotatable bonds is 3. The van der Waals surface area contributed by atoms with Crippen LogP contribution < -0.4 is 0 Å². The normalized spacial score (nSPS) is 16.3. The van der Waals surface area contributed by atoms with Crippen LogP contribution in [0.5, 0.6) is 0 Å². The van der Waals surface area contributed by atoms with E-state index in [9.17, 15) is 14.0 Å². The Labute approximate surface area is 159 Å². The van der Waals surface area contributed by atoms with Crippen molar-refractivity contribution in [3.8, 4) is 0 Å². The summed E-state index contributed by atoms with van der Waals surface area (Å²) >= 11 is 7.43. The Morgan fingerprint density at radius 2 is 1.71 bits per heavy atom. The third-order valence-corrected chi connectivity index (χ3v) is 5.30. The average molecular weight is 471 g/mol. The van der Waals surface area contributed by atoms with Crippen molar-refractivity contribution in [1.29, 1.82) is 0 Å². The van der Waals surface area contributed by atoms with E-state index in [1.54, 1.807) is 12.1 Å². The van der Waals surface area contributed by atoms with Crippen LogP contribution in [0.4, 0.5) is 9.18 Å². The Morgan fingerprint density at radius 3 is 2.42 bits per heavy atom. The van der Waals surface area contributed by atoms with Crippen molar-refractivity contribution in [2.24, 2.45) is 0 Å². The van der Waals surface area contributed by atoms with Crippen LogP contribution >= 0.6 is 43.6 Å². The molecule has 0 spiro atoms. The fourth-order valence-corrected chi connectivity index (χ4v) is 3.65. The lowest BCUT2D eigenvalue weighted by Crippen LogP contribution is -2.27. The Kier molecular flexibility index (Phi) is 5.22. The third kappa shape index (κ3) is 3.79. The number of hydrogen-bond acceptors (Lipinski definition) is 3. The lowest BCUT2D eigenvalue weighted by atomic mass is 10.2. The Hall–Kier alpha value is -1.44. The predicted molar refractivity (Wildman–Crippen MR) is 99.8 cm³/mol. The summed E-state index contributed by atoms with van der Waals surface area (Å²) in [6.07, 6.45) is 1.41. The molecule has 24 heavy (non-hydrogen) atoms. The fraction of sp³-hybridized carbons (Fsp3) is 0.0588. The van der Waals surface area contributed by atoms with Gasteiger partial charge in [-0.05, 0) is 53.7 Å². The summed E-state index contributed by atoms with van der Waals surface area (Å²) in [4.78, 5) is 26.0. The van der Waals surface area contributed by atoms with Crippen molar-refractivity contribution in [2.75, 3.05) is 0 Å². The zero-order chi connectivity index (χ0) is 17.3. The number of carbonyl (C=O) groups is 2. The summed E-state index contributed by atoms with van der Waals surface area (Å²) in [7, 11) is 0. The SMILES string of the molecule is O=C1S/C(=C\c2cc(Br)ccc2F)C(=O)N1Cc1ccc(Br)cc1. The molecule has 0 N–H and O–H groups in total. The first-order chi connectivity index (χ1) is 11.4. The standard InChI is InChI=1S/C17H10Br2FNO2S/c18-12-3-1-10(2-4-12)9-21-16(22)15(24-17(21)23)8-11-7-13(19)5-6-14(11)20/h1-8H,9H2/b15-8-. The molecule has 0 bridgehead atoms. The first-order valence-electron chi connectivity index (χ1n) is 6.89. The van der Waals surface area contributed by atoms with Crippen molar-refractivity contribution in [2.45, 2.75) is 6.54 Å². The average Bonchev–Trinajstić information content (AvgIpc) is 2.80. The van der Waals surface area contributed by atoms with E-state index in [-0.39, 0.29) is 22.3 Å². The van der Waals surface area contributed by atoms with E-state index >= 15 is 0 Å². The highest BCUT2D eigenvalue weighted by Crippen LogP contribution is 2.34. The summed E-state index contributed by atoms with van der Waals surface area (Å²) in [5, 5.41) is -0.357. The molecule has 2 aromatic carbocycles. The Balaban J connectivity index is 1.84. The van der Waals surface area contributed by atoms with Gasteiger partial charge in [-0.3, -0.25) is 14.5 Å². The number of imide groups is 1. The molecular formula is C17H10Br2FNO2S. The lowest BCUT2D eigenvalue weighted by Gasteiger charge is -2.12. The van der Waals surface area contributed by atoms with Crippen LogP contribution in [0, 0.1) is 5.82 Å². The first kappa shape index (κ1) is 17.4. The number of halogens is 3. The molecule has 122 valence electrons. The van der Waals surface area contributed by atoms with Crippen molar-refractivity contribution in [1.82, 2.24) is 4.90 Å². The lowest BCUT2D eigenvalue weighted by molar-refractivity contribution is -0.123. The smallest absolute Gasteiger partial charge is 0.268 e. The van der Waals surface area contributed by atoms with E-state index in [0.29, 0.717) is 4.47 Å². The molecule has 7 heteroatoms. The van der Waals surface area contributed by atoms with Gasteiger partial charge in [-0.15, -0.1) is 0 Å². The van der Waals surface area contributed by atoms with Gasteiger partial charge in [-0.25, -0.2) is 4.39 Å². The van der Waals surface area contributed by atoms with Crippen molar-refractivity contribution in [3.05, 3.63) is 73.3 Å². The molecule has 0 saturated carbocycles. The second kappa shape index (κ2) is 7.21. The first-order valence-corrected chi connectivity index (χ1v) is 9.29. The van der Waals surface area contributed by atoms with Gasteiger partial charge < -0.3 is 0 Å². The maximum Gasteiger partial charge on any atom is 0.293 e. The molecule has 1 fully saturated rings. The van der Waals surface area contributed by atoms with Crippen LogP contribution in [-0.2, 0) is 11.3 Å². The monoisotopic (exact) mass is 469 g/mol. The van der Waals surface area contributed by atoms with Crippen LogP contribution in [0.25, 0.3) is 6.08 Å². The van der Waals surface area contributed by atoms with Gasteiger partial charge in [0.1, 0.15) is 5.82 Å². The third-order valence-electron chi connectivity index (χ3n) is 3.37. The zero-order valence-corrected chi connectivity index (χ0v) is 16.1. The summed E-state index contributed by atoms with van der Waals surface area (Å²) in [5.74, 6) is -0.856. The topological polar surface area (TPSA) is 37.4 Å². The summed E-state index contributed by atoms with van der Waals surface area (Å²) < 4.78 is 15.5. The van der Waals surface area contributed by atoms with Crippen molar-refractivity contribution < 1.29 is 14.0 Å². The van der Waals surface area contributed by atoms with Crippen LogP contribution in [-0.4, -0.2) is 16.0 Å². The Bertz CT molecular complexity index is 852. The minimum atomic E-state index is -0.446.